The van der Waals surface area contributed by atoms with Crippen LogP contribution in [0.1, 0.15) is 6.42 Å². The topological polar surface area (TPSA) is 83.6 Å². The zero-order valence-electron chi connectivity index (χ0n) is 10.2. The molecule has 0 atom stereocenters. The van der Waals surface area contributed by atoms with E-state index in [1.54, 1.807) is 0 Å². The maximum absolute atomic E-state index is 11.9. The van der Waals surface area contributed by atoms with Gasteiger partial charge in [0.25, 0.3) is 0 Å². The predicted octanol–water partition coefficient (Wildman–Crippen LogP) is 1.97. The van der Waals surface area contributed by atoms with Gasteiger partial charge < -0.3 is 0 Å². The SMILES string of the molecule is O=S(=O)(CBr)Nc1ccc(Cl)c(N2CCCS2(=O)=O)c1. The van der Waals surface area contributed by atoms with E-state index in [-0.39, 0.29) is 21.1 Å². The summed E-state index contributed by atoms with van der Waals surface area (Å²) in [6.07, 6.45) is 0.524. The first-order valence-corrected chi connectivity index (χ1v) is 10.4. The normalized spacial score (nSPS) is 18.2. The number of hydrogen-bond donors (Lipinski definition) is 1. The molecule has 1 fully saturated rings. The van der Waals surface area contributed by atoms with Crippen molar-refractivity contribution in [1.29, 1.82) is 0 Å². The zero-order valence-corrected chi connectivity index (χ0v) is 14.2. The van der Waals surface area contributed by atoms with E-state index in [1.807, 2.05) is 0 Å². The molecule has 10 heteroatoms. The van der Waals surface area contributed by atoms with Gasteiger partial charge in [-0.2, -0.15) is 0 Å². The molecule has 2 rings (SSSR count). The largest absolute Gasteiger partial charge is 0.283 e. The van der Waals surface area contributed by atoms with Crippen molar-refractivity contribution in [2.75, 3.05) is 26.0 Å². The molecule has 1 aromatic carbocycles. The molecule has 1 aromatic rings. The Morgan fingerprint density at radius 3 is 2.65 bits per heavy atom. The molecule has 0 saturated carbocycles. The Labute approximate surface area is 131 Å². The summed E-state index contributed by atoms with van der Waals surface area (Å²) in [7, 11) is -6.87. The Morgan fingerprint density at radius 2 is 2.10 bits per heavy atom. The first-order chi connectivity index (χ1) is 9.25. The third kappa shape index (κ3) is 3.38. The number of nitrogens with zero attached hydrogens (tertiary/aromatic N) is 1. The van der Waals surface area contributed by atoms with Gasteiger partial charge in [0.15, 0.2) is 0 Å². The molecule has 1 aliphatic rings. The Morgan fingerprint density at radius 1 is 1.40 bits per heavy atom. The van der Waals surface area contributed by atoms with E-state index in [9.17, 15) is 16.8 Å². The van der Waals surface area contributed by atoms with Crippen LogP contribution in [0.5, 0.6) is 0 Å². The molecule has 6 nitrogen and oxygen atoms in total. The first kappa shape index (κ1) is 15.9. The van der Waals surface area contributed by atoms with Gasteiger partial charge in [-0.25, -0.2) is 16.8 Å². The molecule has 1 saturated heterocycles. The van der Waals surface area contributed by atoms with Gasteiger partial charge in [-0.15, -0.1) is 0 Å². The summed E-state index contributed by atoms with van der Waals surface area (Å²) in [5.74, 6) is 0.0701. The van der Waals surface area contributed by atoms with Gasteiger partial charge in [0.2, 0.25) is 20.0 Å². The number of nitrogens with one attached hydrogen (secondary N) is 1. The van der Waals surface area contributed by atoms with Crippen LogP contribution in [0.2, 0.25) is 5.02 Å². The standard InChI is InChI=1S/C10H12BrClN2O4S2/c11-7-19(15,16)13-8-2-3-9(12)10(6-8)14-4-1-5-20(14,17)18/h2-3,6,13H,1,4-5,7H2. The lowest BCUT2D eigenvalue weighted by atomic mass is 10.3. The van der Waals surface area contributed by atoms with Gasteiger partial charge in [0.1, 0.15) is 4.66 Å². The average Bonchev–Trinajstić information content (AvgIpc) is 2.71. The average molecular weight is 404 g/mol. The lowest BCUT2D eigenvalue weighted by Crippen LogP contribution is -2.25. The monoisotopic (exact) mass is 402 g/mol. The fourth-order valence-electron chi connectivity index (χ4n) is 1.88. The van der Waals surface area contributed by atoms with Gasteiger partial charge in [-0.3, -0.25) is 9.03 Å². The molecule has 20 heavy (non-hydrogen) atoms. The highest BCUT2D eigenvalue weighted by Gasteiger charge is 2.30. The van der Waals surface area contributed by atoms with Crippen molar-refractivity contribution in [2.24, 2.45) is 0 Å². The van der Waals surface area contributed by atoms with E-state index in [0.29, 0.717) is 18.7 Å². The molecule has 1 N–H and O–H groups in total. The molecule has 0 aliphatic carbocycles. The molecule has 0 unspecified atom stereocenters. The minimum absolute atomic E-state index is 0.0701. The van der Waals surface area contributed by atoms with Crippen LogP contribution in [0.4, 0.5) is 11.4 Å². The highest BCUT2D eigenvalue weighted by Crippen LogP contribution is 2.33. The van der Waals surface area contributed by atoms with Crippen LogP contribution in [0, 0.1) is 0 Å². The predicted molar refractivity (Wildman–Crippen MR) is 83.5 cm³/mol. The van der Waals surface area contributed by atoms with Crippen LogP contribution < -0.4 is 9.03 Å². The van der Waals surface area contributed by atoms with Gasteiger partial charge in [0.05, 0.1) is 22.2 Å². The Hall–Kier alpha value is -0.510. The first-order valence-electron chi connectivity index (χ1n) is 5.61. The molecule has 0 radical (unpaired) electrons. The summed E-state index contributed by atoms with van der Waals surface area (Å²) in [5.41, 5.74) is 0.560. The van der Waals surface area contributed by atoms with Crippen LogP contribution in [-0.2, 0) is 20.0 Å². The van der Waals surface area contributed by atoms with Crippen molar-refractivity contribution in [2.45, 2.75) is 6.42 Å². The lowest BCUT2D eigenvalue weighted by Gasteiger charge is -2.19. The van der Waals surface area contributed by atoms with Crippen molar-refractivity contribution in [1.82, 2.24) is 0 Å². The second-order valence-electron chi connectivity index (χ2n) is 4.23. The van der Waals surface area contributed by atoms with Gasteiger partial charge >= 0.3 is 0 Å². The summed E-state index contributed by atoms with van der Waals surface area (Å²) in [6, 6.07) is 4.37. The summed E-state index contributed by atoms with van der Waals surface area (Å²) in [4.78, 5) is 0. The van der Waals surface area contributed by atoms with Crippen molar-refractivity contribution < 1.29 is 16.8 Å². The second-order valence-corrected chi connectivity index (χ2v) is 9.68. The Bertz CT molecular complexity index is 721. The van der Waals surface area contributed by atoms with E-state index < -0.39 is 20.0 Å². The minimum Gasteiger partial charge on any atom is -0.283 e. The number of anilines is 2. The highest BCUT2D eigenvalue weighted by atomic mass is 79.9. The lowest BCUT2D eigenvalue weighted by molar-refractivity contribution is 0.599. The minimum atomic E-state index is -3.50. The number of halogens is 2. The Balaban J connectivity index is 2.40. The van der Waals surface area contributed by atoms with Crippen molar-refractivity contribution in [3.8, 4) is 0 Å². The fraction of sp³-hybridized carbons (Fsp3) is 0.400. The summed E-state index contributed by atoms with van der Waals surface area (Å²) >= 11 is 8.88. The van der Waals surface area contributed by atoms with E-state index in [4.69, 9.17) is 11.6 Å². The highest BCUT2D eigenvalue weighted by molar-refractivity contribution is 9.10. The van der Waals surface area contributed by atoms with E-state index in [2.05, 4.69) is 20.7 Å². The van der Waals surface area contributed by atoms with E-state index in [0.717, 1.165) is 0 Å². The maximum Gasteiger partial charge on any atom is 0.242 e. The smallest absolute Gasteiger partial charge is 0.242 e. The van der Waals surface area contributed by atoms with Crippen LogP contribution in [0.15, 0.2) is 18.2 Å². The van der Waals surface area contributed by atoms with Crippen LogP contribution in [-0.4, -0.2) is 33.8 Å². The molecule has 0 spiro atoms. The molecule has 1 heterocycles. The summed E-state index contributed by atoms with van der Waals surface area (Å²) < 4.78 is 50.0. The molecule has 112 valence electrons. The third-order valence-corrected chi connectivity index (χ3v) is 7.55. The molecule has 0 bridgehead atoms. The van der Waals surface area contributed by atoms with Crippen molar-refractivity contribution in [3.63, 3.8) is 0 Å². The quantitative estimate of drug-likeness (QED) is 0.779. The maximum atomic E-state index is 11.9. The van der Waals surface area contributed by atoms with Gasteiger partial charge in [-0.05, 0) is 24.6 Å². The fourth-order valence-corrected chi connectivity index (χ4v) is 4.61. The molecular formula is C10H12BrClN2O4S2. The third-order valence-electron chi connectivity index (χ3n) is 2.73. The van der Waals surface area contributed by atoms with Crippen molar-refractivity contribution in [3.05, 3.63) is 23.2 Å². The number of benzene rings is 1. The van der Waals surface area contributed by atoms with Crippen LogP contribution in [0.25, 0.3) is 0 Å². The van der Waals surface area contributed by atoms with E-state index in [1.165, 1.54) is 22.5 Å². The molecule has 0 aromatic heterocycles. The summed E-state index contributed by atoms with van der Waals surface area (Å²) in [6.45, 7) is 0.344. The number of hydrogen-bond acceptors (Lipinski definition) is 4. The van der Waals surface area contributed by atoms with Crippen LogP contribution >= 0.6 is 27.5 Å². The van der Waals surface area contributed by atoms with E-state index >= 15 is 0 Å². The molecule has 1 aliphatic heterocycles. The van der Waals surface area contributed by atoms with Gasteiger partial charge in [-0.1, -0.05) is 27.5 Å². The second kappa shape index (κ2) is 5.70. The zero-order chi connectivity index (χ0) is 15.0. The molecular weight excluding hydrogens is 392 g/mol. The van der Waals surface area contributed by atoms with Gasteiger partial charge in [0, 0.05) is 6.54 Å². The molecule has 0 amide bonds. The summed E-state index contributed by atoms with van der Waals surface area (Å²) in [5, 5.41) is 0.261. The number of rotatable bonds is 4. The van der Waals surface area contributed by atoms with Crippen LogP contribution in [0.3, 0.4) is 0 Å². The Kier molecular flexibility index (Phi) is 4.53. The number of sulfonamides is 2. The number of alkyl halides is 1. The van der Waals surface area contributed by atoms with Crippen molar-refractivity contribution >= 4 is 59.0 Å².